The van der Waals surface area contributed by atoms with Crippen LogP contribution in [0.3, 0.4) is 0 Å². The van der Waals surface area contributed by atoms with Crippen LogP contribution in [0.1, 0.15) is 6.42 Å². The second kappa shape index (κ2) is 2.95. The number of hydrogen-bond donors (Lipinski definition) is 0. The summed E-state index contributed by atoms with van der Waals surface area (Å²) in [5, 5.41) is 0. The van der Waals surface area contributed by atoms with Gasteiger partial charge in [-0.15, -0.1) is 0 Å². The van der Waals surface area contributed by atoms with Crippen molar-refractivity contribution >= 4 is 22.6 Å². The van der Waals surface area contributed by atoms with Gasteiger partial charge in [-0.05, 0) is 6.42 Å². The monoisotopic (exact) mass is 253 g/mol. The van der Waals surface area contributed by atoms with E-state index in [1.807, 2.05) is 0 Å². The van der Waals surface area contributed by atoms with Crippen LogP contribution in [-0.4, -0.2) is 41.2 Å². The van der Waals surface area contributed by atoms with E-state index in [1.165, 1.54) is 13.0 Å². The Morgan fingerprint density at radius 3 is 3.20 bits per heavy atom. The molecular formula is C7H12INO. The van der Waals surface area contributed by atoms with Gasteiger partial charge in [0.05, 0.1) is 13.2 Å². The van der Waals surface area contributed by atoms with E-state index in [2.05, 4.69) is 27.5 Å². The molecule has 0 bridgehead atoms. The van der Waals surface area contributed by atoms with E-state index in [1.54, 1.807) is 0 Å². The first-order valence-corrected chi connectivity index (χ1v) is 5.06. The van der Waals surface area contributed by atoms with Crippen molar-refractivity contribution in [3.63, 3.8) is 0 Å². The molecule has 2 aliphatic rings. The van der Waals surface area contributed by atoms with Crippen molar-refractivity contribution in [3.8, 4) is 0 Å². The number of alkyl halides is 1. The quantitative estimate of drug-likeness (QED) is 0.469. The van der Waals surface area contributed by atoms with E-state index in [0.29, 0.717) is 0 Å². The van der Waals surface area contributed by atoms with Gasteiger partial charge in [0, 0.05) is 23.1 Å². The molecule has 2 rings (SSSR count). The molecule has 2 atom stereocenters. The summed E-state index contributed by atoms with van der Waals surface area (Å²) >= 11 is 2.54. The Balaban J connectivity index is 1.97. The lowest BCUT2D eigenvalue weighted by atomic mass is 10.2. The summed E-state index contributed by atoms with van der Waals surface area (Å²) in [5.74, 6) is 0. The third-order valence-electron chi connectivity index (χ3n) is 2.31. The molecule has 0 saturated carbocycles. The first-order valence-electron chi connectivity index (χ1n) is 3.82. The second-order valence-electron chi connectivity index (χ2n) is 3.06. The van der Waals surface area contributed by atoms with Crippen LogP contribution < -0.4 is 0 Å². The highest BCUT2D eigenvalue weighted by Gasteiger charge is 2.32. The summed E-state index contributed by atoms with van der Waals surface area (Å²) in [6.45, 7) is 4.36. The number of fused-ring (bicyclic) bond motifs is 1. The maximum Gasteiger partial charge on any atom is 0.0622 e. The highest BCUT2D eigenvalue weighted by atomic mass is 127. The second-order valence-corrected chi connectivity index (χ2v) is 4.82. The van der Waals surface area contributed by atoms with Gasteiger partial charge in [0.15, 0.2) is 0 Å². The van der Waals surface area contributed by atoms with Crippen molar-refractivity contribution in [2.24, 2.45) is 0 Å². The lowest BCUT2D eigenvalue weighted by Gasteiger charge is -2.28. The molecule has 10 heavy (non-hydrogen) atoms. The third-order valence-corrected chi connectivity index (χ3v) is 3.21. The number of rotatable bonds is 0. The van der Waals surface area contributed by atoms with Gasteiger partial charge in [0.25, 0.3) is 0 Å². The Labute approximate surface area is 75.1 Å². The van der Waals surface area contributed by atoms with E-state index in [9.17, 15) is 0 Å². The van der Waals surface area contributed by atoms with Gasteiger partial charge in [-0.2, -0.15) is 0 Å². The molecule has 0 aliphatic carbocycles. The SMILES string of the molecule is IC1CC2COCCN2C1. The summed E-state index contributed by atoms with van der Waals surface area (Å²) in [6.07, 6.45) is 1.33. The molecule has 3 heteroatoms. The van der Waals surface area contributed by atoms with Crippen LogP contribution in [-0.2, 0) is 4.74 Å². The van der Waals surface area contributed by atoms with Crippen LogP contribution in [0.15, 0.2) is 0 Å². The summed E-state index contributed by atoms with van der Waals surface area (Å²) in [5.41, 5.74) is 0. The first kappa shape index (κ1) is 7.31. The maximum absolute atomic E-state index is 5.39. The Kier molecular flexibility index (Phi) is 2.15. The van der Waals surface area contributed by atoms with Crippen molar-refractivity contribution < 1.29 is 4.74 Å². The fourth-order valence-electron chi connectivity index (χ4n) is 1.77. The zero-order valence-corrected chi connectivity index (χ0v) is 8.08. The summed E-state index contributed by atoms with van der Waals surface area (Å²) in [6, 6.07) is 0.746. The lowest BCUT2D eigenvalue weighted by Crippen LogP contribution is -2.40. The first-order chi connectivity index (χ1) is 4.86. The van der Waals surface area contributed by atoms with Gasteiger partial charge < -0.3 is 4.74 Å². The van der Waals surface area contributed by atoms with Crippen molar-refractivity contribution in [2.45, 2.75) is 16.4 Å². The summed E-state index contributed by atoms with van der Waals surface area (Å²) < 4.78 is 6.25. The molecule has 0 aromatic carbocycles. The van der Waals surface area contributed by atoms with Crippen LogP contribution in [0, 0.1) is 0 Å². The largest absolute Gasteiger partial charge is 0.378 e. The molecule has 2 saturated heterocycles. The predicted molar refractivity (Wildman–Crippen MR) is 48.6 cm³/mol. The van der Waals surface area contributed by atoms with Gasteiger partial charge in [-0.25, -0.2) is 0 Å². The predicted octanol–water partition coefficient (Wildman–Crippen LogP) is 0.895. The van der Waals surface area contributed by atoms with Crippen LogP contribution in [0.4, 0.5) is 0 Å². The molecule has 0 amide bonds. The topological polar surface area (TPSA) is 12.5 Å². The average molecular weight is 253 g/mol. The Bertz CT molecular complexity index is 117. The Morgan fingerprint density at radius 1 is 1.50 bits per heavy atom. The van der Waals surface area contributed by atoms with Gasteiger partial charge >= 0.3 is 0 Å². The van der Waals surface area contributed by atoms with Crippen LogP contribution in [0.25, 0.3) is 0 Å². The molecule has 2 aliphatic heterocycles. The molecule has 2 fully saturated rings. The Hall–Kier alpha value is 0.650. The van der Waals surface area contributed by atoms with E-state index in [0.717, 1.165) is 29.7 Å². The zero-order valence-electron chi connectivity index (χ0n) is 5.92. The smallest absolute Gasteiger partial charge is 0.0622 e. The molecule has 58 valence electrons. The molecule has 2 nitrogen and oxygen atoms in total. The van der Waals surface area contributed by atoms with Crippen molar-refractivity contribution in [3.05, 3.63) is 0 Å². The number of hydrogen-bond acceptors (Lipinski definition) is 2. The fraction of sp³-hybridized carbons (Fsp3) is 1.00. The van der Waals surface area contributed by atoms with Crippen molar-refractivity contribution in [1.82, 2.24) is 4.90 Å². The number of ether oxygens (including phenoxy) is 1. The van der Waals surface area contributed by atoms with E-state index >= 15 is 0 Å². The normalized spacial score (nSPS) is 41.7. The van der Waals surface area contributed by atoms with E-state index in [4.69, 9.17) is 4.74 Å². The molecule has 0 aromatic rings. The van der Waals surface area contributed by atoms with Gasteiger partial charge in [-0.3, -0.25) is 4.90 Å². The van der Waals surface area contributed by atoms with Crippen LogP contribution in [0.5, 0.6) is 0 Å². The minimum Gasteiger partial charge on any atom is -0.378 e. The van der Waals surface area contributed by atoms with Crippen LogP contribution >= 0.6 is 22.6 Å². The zero-order chi connectivity index (χ0) is 6.97. The van der Waals surface area contributed by atoms with Crippen molar-refractivity contribution in [1.29, 1.82) is 0 Å². The molecule has 0 radical (unpaired) electrons. The van der Waals surface area contributed by atoms with Crippen molar-refractivity contribution in [2.75, 3.05) is 26.3 Å². The number of morpholine rings is 1. The van der Waals surface area contributed by atoms with E-state index < -0.39 is 0 Å². The highest BCUT2D eigenvalue weighted by molar-refractivity contribution is 14.1. The molecule has 0 spiro atoms. The molecule has 2 unspecified atom stereocenters. The number of nitrogens with zero attached hydrogens (tertiary/aromatic N) is 1. The fourth-order valence-corrected chi connectivity index (χ4v) is 2.86. The molecule has 0 N–H and O–H groups in total. The third kappa shape index (κ3) is 1.31. The molecular weight excluding hydrogens is 241 g/mol. The molecule has 2 heterocycles. The average Bonchev–Trinajstić information content (AvgIpc) is 2.27. The minimum absolute atomic E-state index is 0.746. The molecule has 0 aromatic heterocycles. The highest BCUT2D eigenvalue weighted by Crippen LogP contribution is 2.25. The van der Waals surface area contributed by atoms with Gasteiger partial charge in [-0.1, -0.05) is 22.6 Å². The van der Waals surface area contributed by atoms with Crippen LogP contribution in [0.2, 0.25) is 0 Å². The minimum atomic E-state index is 0.746. The van der Waals surface area contributed by atoms with E-state index in [-0.39, 0.29) is 0 Å². The standard InChI is InChI=1S/C7H12INO/c8-6-3-7-5-10-2-1-9(7)4-6/h6-7H,1-5H2. The maximum atomic E-state index is 5.39. The Morgan fingerprint density at radius 2 is 2.40 bits per heavy atom. The van der Waals surface area contributed by atoms with Gasteiger partial charge in [0.1, 0.15) is 0 Å². The summed E-state index contributed by atoms with van der Waals surface area (Å²) in [4.78, 5) is 2.56. The summed E-state index contributed by atoms with van der Waals surface area (Å²) in [7, 11) is 0. The van der Waals surface area contributed by atoms with Gasteiger partial charge in [0.2, 0.25) is 0 Å². The number of halogens is 1. The lowest BCUT2D eigenvalue weighted by molar-refractivity contribution is 0.0129.